The van der Waals surface area contributed by atoms with Crippen LogP contribution in [0.25, 0.3) is 11.3 Å². The monoisotopic (exact) mass is 394 g/mol. The lowest BCUT2D eigenvalue weighted by Crippen LogP contribution is -2.50. The van der Waals surface area contributed by atoms with E-state index in [-0.39, 0.29) is 16.1 Å². The first kappa shape index (κ1) is 19.6. The Morgan fingerprint density at radius 3 is 2.35 bits per heavy atom. The molecule has 1 aromatic carbocycles. The molecule has 1 unspecified atom stereocenters. The summed E-state index contributed by atoms with van der Waals surface area (Å²) in [6.45, 7) is 5.88. The molecule has 0 saturated heterocycles. The van der Waals surface area contributed by atoms with Crippen LogP contribution in [-0.4, -0.2) is 14.3 Å². The highest BCUT2D eigenvalue weighted by Crippen LogP contribution is 2.42. The molecule has 1 heterocycles. The van der Waals surface area contributed by atoms with Crippen molar-refractivity contribution in [1.29, 1.82) is 0 Å². The average Bonchev–Trinajstić information content (AvgIpc) is 3.04. The minimum Gasteiger partial charge on any atom is -0.598 e. The second kappa shape index (κ2) is 7.47. The van der Waals surface area contributed by atoms with Gasteiger partial charge in [0.05, 0.1) is 11.2 Å². The molecule has 1 atom stereocenters. The lowest BCUT2D eigenvalue weighted by molar-refractivity contribution is 0.396. The zero-order valence-corrected chi connectivity index (χ0v) is 16.9. The summed E-state index contributed by atoms with van der Waals surface area (Å²) < 4.78 is 29.1. The van der Waals surface area contributed by atoms with Crippen molar-refractivity contribution in [2.45, 2.75) is 56.7 Å². The SMILES string of the molecule is CC(C)(C)[S+]([O-])NC1(c2cc(Cl)nc(-c3ccc(F)cc3)c2)CCCC1. The standard InChI is InChI=1S/C20H24ClFN2OS/c1-19(2,3)26(25)24-20(10-4-5-11-20)15-12-17(23-18(21)13-15)14-6-8-16(22)9-7-14/h6-9,12-13,24H,4-5,10-11H2,1-3H3. The molecule has 0 amide bonds. The van der Waals surface area contributed by atoms with Crippen LogP contribution in [0.15, 0.2) is 36.4 Å². The molecule has 0 bridgehead atoms. The maximum absolute atomic E-state index is 13.2. The van der Waals surface area contributed by atoms with E-state index in [1.165, 1.54) is 12.1 Å². The third kappa shape index (κ3) is 4.22. The van der Waals surface area contributed by atoms with Crippen LogP contribution in [0, 0.1) is 5.82 Å². The molecule has 1 saturated carbocycles. The van der Waals surface area contributed by atoms with Gasteiger partial charge in [-0.3, -0.25) is 0 Å². The Morgan fingerprint density at radius 2 is 1.77 bits per heavy atom. The van der Waals surface area contributed by atoms with Gasteiger partial charge in [-0.1, -0.05) is 24.4 Å². The van der Waals surface area contributed by atoms with Gasteiger partial charge in [0, 0.05) is 16.9 Å². The summed E-state index contributed by atoms with van der Waals surface area (Å²) in [5, 5.41) is 0.386. The van der Waals surface area contributed by atoms with Crippen LogP contribution in [0.5, 0.6) is 0 Å². The van der Waals surface area contributed by atoms with Crippen molar-refractivity contribution in [2.75, 3.05) is 0 Å². The molecule has 1 aliphatic carbocycles. The number of nitrogens with one attached hydrogen (secondary N) is 1. The second-order valence-corrected chi connectivity index (χ2v) is 10.2. The van der Waals surface area contributed by atoms with E-state index in [4.69, 9.17) is 11.6 Å². The minimum absolute atomic E-state index is 0.287. The third-order valence-corrected chi connectivity index (χ3v) is 6.67. The van der Waals surface area contributed by atoms with E-state index in [0.717, 1.165) is 36.8 Å². The number of pyridine rings is 1. The van der Waals surface area contributed by atoms with E-state index in [9.17, 15) is 8.94 Å². The van der Waals surface area contributed by atoms with Crippen molar-refractivity contribution in [2.24, 2.45) is 0 Å². The van der Waals surface area contributed by atoms with Crippen LogP contribution in [0.1, 0.15) is 52.0 Å². The Morgan fingerprint density at radius 1 is 1.15 bits per heavy atom. The van der Waals surface area contributed by atoms with Gasteiger partial charge in [0.15, 0.2) is 0 Å². The molecular weight excluding hydrogens is 371 g/mol. The molecule has 6 heteroatoms. The fraction of sp³-hybridized carbons (Fsp3) is 0.450. The molecule has 1 N–H and O–H groups in total. The van der Waals surface area contributed by atoms with Crippen LogP contribution in [0.2, 0.25) is 5.15 Å². The van der Waals surface area contributed by atoms with Gasteiger partial charge >= 0.3 is 0 Å². The first-order chi connectivity index (χ1) is 12.2. The Kier molecular flexibility index (Phi) is 5.63. The molecule has 1 aliphatic rings. The first-order valence-electron chi connectivity index (χ1n) is 8.83. The van der Waals surface area contributed by atoms with Crippen LogP contribution in [-0.2, 0) is 16.9 Å². The summed E-state index contributed by atoms with van der Waals surface area (Å²) in [5.41, 5.74) is 2.12. The normalized spacial score (nSPS) is 18.1. The first-order valence-corrected chi connectivity index (χ1v) is 10.4. The third-order valence-electron chi connectivity index (χ3n) is 4.79. The summed E-state index contributed by atoms with van der Waals surface area (Å²) in [5.74, 6) is -0.287. The molecule has 3 rings (SSSR count). The molecule has 0 spiro atoms. The highest BCUT2D eigenvalue weighted by molar-refractivity contribution is 7.90. The van der Waals surface area contributed by atoms with Crippen molar-refractivity contribution in [3.63, 3.8) is 0 Å². The Labute approximate surface area is 162 Å². The van der Waals surface area contributed by atoms with E-state index in [1.807, 2.05) is 32.9 Å². The van der Waals surface area contributed by atoms with E-state index in [2.05, 4.69) is 9.71 Å². The summed E-state index contributed by atoms with van der Waals surface area (Å²) in [4.78, 5) is 4.40. The quantitative estimate of drug-likeness (QED) is 0.560. The van der Waals surface area contributed by atoms with Crippen LogP contribution < -0.4 is 4.72 Å². The number of nitrogens with zero attached hydrogens (tertiary/aromatic N) is 1. The maximum atomic E-state index is 13.2. The van der Waals surface area contributed by atoms with Crippen LogP contribution in [0.4, 0.5) is 4.39 Å². The smallest absolute Gasteiger partial charge is 0.136 e. The highest BCUT2D eigenvalue weighted by atomic mass is 35.5. The molecule has 2 aromatic rings. The van der Waals surface area contributed by atoms with Gasteiger partial charge in [-0.2, -0.15) is 0 Å². The van der Waals surface area contributed by atoms with Crippen molar-refractivity contribution >= 4 is 23.0 Å². The maximum Gasteiger partial charge on any atom is 0.136 e. The van der Waals surface area contributed by atoms with Gasteiger partial charge in [0.1, 0.15) is 15.7 Å². The molecule has 3 nitrogen and oxygen atoms in total. The van der Waals surface area contributed by atoms with Gasteiger partial charge in [0.25, 0.3) is 0 Å². The zero-order valence-electron chi connectivity index (χ0n) is 15.3. The van der Waals surface area contributed by atoms with Crippen LogP contribution >= 0.6 is 11.6 Å². The summed E-state index contributed by atoms with van der Waals surface area (Å²) in [6, 6.07) is 10.1. The van der Waals surface area contributed by atoms with Crippen molar-refractivity contribution in [3.8, 4) is 11.3 Å². The topological polar surface area (TPSA) is 48.0 Å². The number of hydrogen-bond acceptors (Lipinski definition) is 3. The predicted octanol–water partition coefficient (Wildman–Crippen LogP) is 5.36. The lowest BCUT2D eigenvalue weighted by atomic mass is 9.89. The fourth-order valence-corrected chi connectivity index (χ4v) is 4.49. The number of hydrogen-bond donors (Lipinski definition) is 1. The molecule has 26 heavy (non-hydrogen) atoms. The minimum atomic E-state index is -1.19. The van der Waals surface area contributed by atoms with Gasteiger partial charge < -0.3 is 4.55 Å². The Balaban J connectivity index is 2.01. The zero-order chi connectivity index (χ0) is 18.9. The number of halogens is 2. The van der Waals surface area contributed by atoms with Crippen molar-refractivity contribution < 1.29 is 8.94 Å². The van der Waals surface area contributed by atoms with Crippen molar-refractivity contribution in [1.82, 2.24) is 9.71 Å². The highest BCUT2D eigenvalue weighted by Gasteiger charge is 2.43. The summed E-state index contributed by atoms with van der Waals surface area (Å²) in [7, 11) is 0. The Bertz CT molecular complexity index is 770. The van der Waals surface area contributed by atoms with E-state index in [1.54, 1.807) is 12.1 Å². The number of aromatic nitrogens is 1. The van der Waals surface area contributed by atoms with Gasteiger partial charge in [-0.05, 0) is 75.6 Å². The molecule has 1 aromatic heterocycles. The van der Waals surface area contributed by atoms with Gasteiger partial charge in [-0.25, -0.2) is 9.37 Å². The van der Waals surface area contributed by atoms with Gasteiger partial charge in [-0.15, -0.1) is 4.72 Å². The lowest BCUT2D eigenvalue weighted by Gasteiger charge is -2.35. The predicted molar refractivity (Wildman–Crippen MR) is 106 cm³/mol. The molecule has 0 aliphatic heterocycles. The van der Waals surface area contributed by atoms with Gasteiger partial charge in [0.2, 0.25) is 0 Å². The molecule has 0 radical (unpaired) electrons. The van der Waals surface area contributed by atoms with Crippen molar-refractivity contribution in [3.05, 3.63) is 52.9 Å². The second-order valence-electron chi connectivity index (χ2n) is 7.84. The number of benzene rings is 1. The van der Waals surface area contributed by atoms with E-state index >= 15 is 0 Å². The largest absolute Gasteiger partial charge is 0.598 e. The molecule has 1 fully saturated rings. The molecule has 140 valence electrons. The molecular formula is C20H24ClFN2OS. The Hall–Kier alpha value is -1.14. The van der Waals surface area contributed by atoms with E-state index in [0.29, 0.717) is 10.8 Å². The van der Waals surface area contributed by atoms with E-state index < -0.39 is 11.4 Å². The summed E-state index contributed by atoms with van der Waals surface area (Å²) >= 11 is 5.12. The average molecular weight is 395 g/mol. The number of rotatable bonds is 4. The summed E-state index contributed by atoms with van der Waals surface area (Å²) in [6.07, 6.45) is 3.94. The fourth-order valence-electron chi connectivity index (χ4n) is 3.30. The van der Waals surface area contributed by atoms with Crippen LogP contribution in [0.3, 0.4) is 0 Å².